The smallest absolute Gasteiger partial charge is 0.229 e. The van der Waals surface area contributed by atoms with Crippen molar-refractivity contribution in [3.63, 3.8) is 0 Å². The van der Waals surface area contributed by atoms with Crippen molar-refractivity contribution >= 4 is 21.9 Å². The van der Waals surface area contributed by atoms with Crippen molar-refractivity contribution in [3.05, 3.63) is 34.5 Å². The maximum absolute atomic E-state index is 13.0. The molecule has 0 aliphatic carbocycles. The Kier molecular flexibility index (Phi) is 4.92. The maximum atomic E-state index is 13.0. The molecule has 1 saturated heterocycles. The fraction of sp³-hybridized carbons (Fsp3) is 0.316. The Morgan fingerprint density at radius 1 is 0.900 bits per heavy atom. The van der Waals surface area contributed by atoms with Gasteiger partial charge in [0.2, 0.25) is 11.7 Å². The molecule has 0 bridgehead atoms. The van der Waals surface area contributed by atoms with Gasteiger partial charge in [0.15, 0.2) is 11.5 Å². The lowest BCUT2D eigenvalue weighted by molar-refractivity contribution is -0.277. The predicted octanol–water partition coefficient (Wildman–Crippen LogP) is -0.758. The molecule has 0 spiro atoms. The van der Waals surface area contributed by atoms with Gasteiger partial charge in [0.25, 0.3) is 0 Å². The van der Waals surface area contributed by atoms with Gasteiger partial charge in [-0.2, -0.15) is 0 Å². The monoisotopic (exact) mass is 422 g/mol. The van der Waals surface area contributed by atoms with Gasteiger partial charge in [0, 0.05) is 12.1 Å². The third kappa shape index (κ3) is 3.09. The van der Waals surface area contributed by atoms with E-state index in [0.29, 0.717) is 0 Å². The molecule has 2 aromatic carbocycles. The van der Waals surface area contributed by atoms with Crippen molar-refractivity contribution in [1.29, 1.82) is 0 Å². The van der Waals surface area contributed by atoms with Gasteiger partial charge in [-0.15, -0.1) is 0 Å². The Labute approximate surface area is 167 Å². The molecule has 5 atom stereocenters. The summed E-state index contributed by atoms with van der Waals surface area (Å²) in [6, 6.07) is 4.46. The second kappa shape index (κ2) is 7.31. The van der Waals surface area contributed by atoms with Gasteiger partial charge in [0.1, 0.15) is 57.9 Å². The average Bonchev–Trinajstić information content (AvgIpc) is 2.69. The number of aromatic hydroxyl groups is 3. The van der Waals surface area contributed by atoms with Crippen LogP contribution in [0.15, 0.2) is 33.5 Å². The summed E-state index contributed by atoms with van der Waals surface area (Å²) in [5.74, 6) is -1.91. The lowest BCUT2D eigenvalue weighted by Gasteiger charge is -2.39. The lowest BCUT2D eigenvalue weighted by Crippen LogP contribution is -2.60. The number of hydrogen-bond donors (Lipinski definition) is 7. The Balaban J connectivity index is 1.88. The topological polar surface area (TPSA) is 190 Å². The first-order valence-corrected chi connectivity index (χ1v) is 8.84. The zero-order valence-electron chi connectivity index (χ0n) is 15.2. The standard InChI is InChI=1S/C19H18O11/c20-5-11-14(24)16(26)17(27)19(29-11)30-18-7(22)1-2-9-13(18)15(25)12-8(23)3-6(21)4-10(12)28-9/h1-4,11,14,16-17,19-24,26-27H,5H2. The number of hydrogen-bond acceptors (Lipinski definition) is 11. The molecule has 1 aliphatic rings. The Hall–Kier alpha value is -3.09. The normalized spacial score (nSPS) is 26.9. The van der Waals surface area contributed by atoms with Crippen LogP contribution < -0.4 is 10.2 Å². The molecule has 160 valence electrons. The summed E-state index contributed by atoms with van der Waals surface area (Å²) in [6.07, 6.45) is -8.07. The average molecular weight is 422 g/mol. The van der Waals surface area contributed by atoms with E-state index in [-0.39, 0.29) is 27.7 Å². The van der Waals surface area contributed by atoms with Gasteiger partial charge < -0.3 is 49.6 Å². The molecule has 3 aromatic rings. The summed E-state index contributed by atoms with van der Waals surface area (Å²) in [6.45, 7) is -0.698. The van der Waals surface area contributed by atoms with E-state index in [9.17, 15) is 40.5 Å². The summed E-state index contributed by atoms with van der Waals surface area (Å²) in [5.41, 5.74) is -0.997. The minimum absolute atomic E-state index is 0.0742. The van der Waals surface area contributed by atoms with E-state index in [1.54, 1.807) is 0 Å². The molecule has 2 heterocycles. The third-order valence-electron chi connectivity index (χ3n) is 4.92. The number of rotatable bonds is 3. The summed E-state index contributed by atoms with van der Waals surface area (Å²) >= 11 is 0. The van der Waals surface area contributed by atoms with Crippen LogP contribution in [0.1, 0.15) is 0 Å². The summed E-state index contributed by atoms with van der Waals surface area (Å²) < 4.78 is 16.2. The summed E-state index contributed by atoms with van der Waals surface area (Å²) in [4.78, 5) is 13.0. The summed E-state index contributed by atoms with van der Waals surface area (Å²) in [5, 5.41) is 68.6. The Bertz CT molecular complexity index is 1170. The molecule has 1 aromatic heterocycles. The van der Waals surface area contributed by atoms with Crippen molar-refractivity contribution in [3.8, 4) is 23.0 Å². The molecule has 4 rings (SSSR count). The van der Waals surface area contributed by atoms with Gasteiger partial charge in [-0.3, -0.25) is 4.79 Å². The van der Waals surface area contributed by atoms with Crippen molar-refractivity contribution < 1.29 is 49.6 Å². The lowest BCUT2D eigenvalue weighted by atomic mass is 9.99. The molecule has 1 aliphatic heterocycles. The highest BCUT2D eigenvalue weighted by molar-refractivity contribution is 5.97. The van der Waals surface area contributed by atoms with E-state index in [4.69, 9.17) is 13.9 Å². The first kappa shape index (κ1) is 20.2. The van der Waals surface area contributed by atoms with Crippen LogP contribution in [0.25, 0.3) is 21.9 Å². The number of aliphatic hydroxyl groups excluding tert-OH is 4. The van der Waals surface area contributed by atoms with Crippen LogP contribution in [0, 0.1) is 0 Å². The molecule has 7 N–H and O–H groups in total. The largest absolute Gasteiger partial charge is 0.508 e. The van der Waals surface area contributed by atoms with Gasteiger partial charge in [-0.05, 0) is 12.1 Å². The molecule has 0 saturated carbocycles. The highest BCUT2D eigenvalue weighted by atomic mass is 16.7. The zero-order chi connectivity index (χ0) is 21.7. The third-order valence-corrected chi connectivity index (χ3v) is 4.92. The highest BCUT2D eigenvalue weighted by Gasteiger charge is 2.45. The Morgan fingerprint density at radius 3 is 2.33 bits per heavy atom. The summed E-state index contributed by atoms with van der Waals surface area (Å²) in [7, 11) is 0. The van der Waals surface area contributed by atoms with Crippen LogP contribution in [0.5, 0.6) is 23.0 Å². The van der Waals surface area contributed by atoms with E-state index < -0.39 is 60.0 Å². The second-order valence-corrected chi connectivity index (χ2v) is 6.87. The quantitative estimate of drug-likeness (QED) is 0.263. The van der Waals surface area contributed by atoms with E-state index in [1.807, 2.05) is 0 Å². The van der Waals surface area contributed by atoms with Crippen LogP contribution >= 0.6 is 0 Å². The van der Waals surface area contributed by atoms with Gasteiger partial charge >= 0.3 is 0 Å². The molecule has 11 nitrogen and oxygen atoms in total. The number of phenolic OH excluding ortho intramolecular Hbond substituents is 3. The van der Waals surface area contributed by atoms with E-state index >= 15 is 0 Å². The minimum atomic E-state index is -1.78. The fourth-order valence-corrected chi connectivity index (χ4v) is 3.39. The van der Waals surface area contributed by atoms with Crippen LogP contribution in [0.2, 0.25) is 0 Å². The number of ether oxygens (including phenoxy) is 2. The van der Waals surface area contributed by atoms with Crippen LogP contribution in [0.4, 0.5) is 0 Å². The fourth-order valence-electron chi connectivity index (χ4n) is 3.39. The number of phenols is 3. The van der Waals surface area contributed by atoms with Crippen LogP contribution in [0.3, 0.4) is 0 Å². The molecule has 1 fully saturated rings. The first-order chi connectivity index (χ1) is 14.2. The zero-order valence-corrected chi connectivity index (χ0v) is 15.2. The van der Waals surface area contributed by atoms with Crippen molar-refractivity contribution in [2.24, 2.45) is 0 Å². The number of fused-ring (bicyclic) bond motifs is 2. The second-order valence-electron chi connectivity index (χ2n) is 6.87. The van der Waals surface area contributed by atoms with Crippen molar-refractivity contribution in [2.45, 2.75) is 30.7 Å². The molecule has 0 amide bonds. The molecular weight excluding hydrogens is 404 g/mol. The SMILES string of the molecule is O=c1c2c(O)cc(O)cc2oc2ccc(O)c(OC3OC(CO)C(O)C(O)C3O)c12. The highest BCUT2D eigenvalue weighted by Crippen LogP contribution is 2.38. The molecule has 30 heavy (non-hydrogen) atoms. The van der Waals surface area contributed by atoms with E-state index in [1.165, 1.54) is 6.07 Å². The van der Waals surface area contributed by atoms with Crippen molar-refractivity contribution in [2.75, 3.05) is 6.61 Å². The van der Waals surface area contributed by atoms with Gasteiger partial charge in [-0.25, -0.2) is 0 Å². The predicted molar refractivity (Wildman–Crippen MR) is 99.4 cm³/mol. The molecule has 11 heteroatoms. The van der Waals surface area contributed by atoms with E-state index in [0.717, 1.165) is 18.2 Å². The number of aliphatic hydroxyl groups is 4. The van der Waals surface area contributed by atoms with Gasteiger partial charge in [0.05, 0.1) is 6.61 Å². The Morgan fingerprint density at radius 2 is 1.63 bits per heavy atom. The number of benzene rings is 2. The van der Waals surface area contributed by atoms with Crippen molar-refractivity contribution in [1.82, 2.24) is 0 Å². The first-order valence-electron chi connectivity index (χ1n) is 8.84. The van der Waals surface area contributed by atoms with Gasteiger partial charge in [-0.1, -0.05) is 0 Å². The molecular formula is C19H18O11. The van der Waals surface area contributed by atoms with Crippen LogP contribution in [-0.4, -0.2) is 73.1 Å². The van der Waals surface area contributed by atoms with Crippen LogP contribution in [-0.2, 0) is 4.74 Å². The minimum Gasteiger partial charge on any atom is -0.508 e. The molecule has 0 radical (unpaired) electrons. The maximum Gasteiger partial charge on any atom is 0.229 e. The molecule has 5 unspecified atom stereocenters. The van der Waals surface area contributed by atoms with E-state index in [2.05, 4.69) is 0 Å².